The zero-order chi connectivity index (χ0) is 46.2. The molecule has 3 amide bonds. The molecule has 1 unspecified atom stereocenters. The van der Waals surface area contributed by atoms with Crippen LogP contribution in [0.3, 0.4) is 0 Å². The second-order valence-electron chi connectivity index (χ2n) is 18.9. The Morgan fingerprint density at radius 1 is 0.985 bits per heavy atom. The van der Waals surface area contributed by atoms with Crippen molar-refractivity contribution in [3.63, 3.8) is 0 Å². The van der Waals surface area contributed by atoms with Crippen LogP contribution in [0.1, 0.15) is 111 Å². The largest absolute Gasteiger partial charge is 0.465 e. The molecule has 1 aliphatic carbocycles. The summed E-state index contributed by atoms with van der Waals surface area (Å²) in [5, 5.41) is 6.25. The molecule has 4 aromatic rings. The number of esters is 1. The topological polar surface area (TPSA) is 147 Å². The van der Waals surface area contributed by atoms with Crippen LogP contribution in [-0.2, 0) is 28.4 Å². The summed E-state index contributed by atoms with van der Waals surface area (Å²) < 4.78 is 48.7. The van der Waals surface area contributed by atoms with Crippen molar-refractivity contribution in [1.29, 1.82) is 0 Å². The number of likely N-dealkylation sites (tertiary alicyclic amines) is 1. The van der Waals surface area contributed by atoms with E-state index in [0.29, 0.717) is 66.8 Å². The van der Waals surface area contributed by atoms with E-state index in [1.807, 2.05) is 30.0 Å². The minimum absolute atomic E-state index is 0.0211. The molecular formula is C50H61FN5O8PS. The number of thiophene rings is 1. The lowest BCUT2D eigenvalue weighted by Crippen LogP contribution is -2.59. The molecule has 3 aromatic carbocycles. The zero-order valence-corrected chi connectivity index (χ0v) is 39.7. The molecule has 5 aliphatic rings. The summed E-state index contributed by atoms with van der Waals surface area (Å²) in [7, 11) is -2.34. The number of carbonyl (C=O) groups excluding carboxylic acids is 4. The Morgan fingerprint density at radius 3 is 2.45 bits per heavy atom. The molecule has 1 aromatic heterocycles. The van der Waals surface area contributed by atoms with E-state index in [1.165, 1.54) is 36.0 Å². The molecule has 4 aliphatic heterocycles. The molecule has 352 valence electrons. The summed E-state index contributed by atoms with van der Waals surface area (Å²) in [5.41, 5.74) is 1.11. The van der Waals surface area contributed by atoms with E-state index in [2.05, 4.69) is 39.4 Å². The number of nitrogens with zero attached hydrogens (tertiary/aromatic N) is 3. The number of fused-ring (bicyclic) bond motifs is 2. The van der Waals surface area contributed by atoms with E-state index in [-0.39, 0.29) is 59.3 Å². The van der Waals surface area contributed by atoms with Crippen molar-refractivity contribution in [2.24, 2.45) is 0 Å². The normalized spacial score (nSPS) is 26.7. The molecule has 1 spiro atoms. The van der Waals surface area contributed by atoms with Crippen LogP contribution >= 0.6 is 18.9 Å². The van der Waals surface area contributed by atoms with E-state index in [0.717, 1.165) is 32.1 Å². The van der Waals surface area contributed by atoms with Gasteiger partial charge in [0.15, 0.2) is 0 Å². The highest BCUT2D eigenvalue weighted by Gasteiger charge is 2.59. The molecule has 2 N–H and O–H groups in total. The first-order valence-electron chi connectivity index (χ1n) is 23.6. The molecule has 5 heterocycles. The molecule has 13 nitrogen and oxygen atoms in total. The Labute approximate surface area is 390 Å². The van der Waals surface area contributed by atoms with Gasteiger partial charge in [-0.05, 0) is 125 Å². The highest BCUT2D eigenvalue weighted by Crippen LogP contribution is 2.58. The molecule has 1 saturated carbocycles. The standard InChI is InChI=1S/C50H61FN5O8PS/c1-4-24-63-49(60)32(2)53-65(61,64-40-13-9-6-10-14-40)45(51)34-15-20-43-35(26-34)27-44(66-43)46(57)52-41-18-16-37(54(3)39-21-25-62-31-39)28-38-17-19-42(56(38)47(41)58)48(59)55-30-36(29-50(55)22-23-50)33-11-7-5-8-12-33/h5-15,20,26-27,32,36-39,41-42,45H,4,16-19,21-25,28-31H2,1-3H3,(H,52,57)(H,53,61)/t32-,36+,37-,38+,39+,41-,42-,45+,65?/m0/s1. The quantitative estimate of drug-likeness (QED) is 0.0881. The molecule has 9 atom stereocenters. The van der Waals surface area contributed by atoms with Crippen LogP contribution < -0.4 is 14.9 Å². The van der Waals surface area contributed by atoms with Crippen LogP contribution in [0.25, 0.3) is 10.1 Å². The Balaban J connectivity index is 0.954. The average molecular weight is 942 g/mol. The van der Waals surface area contributed by atoms with E-state index in [1.54, 1.807) is 42.5 Å². The third-order valence-electron chi connectivity index (χ3n) is 14.5. The SMILES string of the molecule is CCCOC(=O)[C@H](C)NP(=O)(Oc1ccccc1)[C@@H](F)c1ccc2sc(C(=O)N[C@H]3CC[C@H](N(C)[C@@H]4CCOC4)C[C@H]4CC[C@@H](C(=O)N5C[C@H](c6ccccc6)CC56CC6)N4C3=O)cc2c1. The van der Waals surface area contributed by atoms with Gasteiger partial charge in [0.2, 0.25) is 17.7 Å². The summed E-state index contributed by atoms with van der Waals surface area (Å²) in [6, 6.07) is 22.5. The number of halogens is 1. The summed E-state index contributed by atoms with van der Waals surface area (Å²) in [6.07, 6.45) is 7.50. The number of benzene rings is 3. The third kappa shape index (κ3) is 9.56. The molecular weight excluding hydrogens is 881 g/mol. The van der Waals surface area contributed by atoms with Gasteiger partial charge in [-0.3, -0.25) is 28.6 Å². The maximum Gasteiger partial charge on any atom is 0.355 e. The second-order valence-corrected chi connectivity index (χ2v) is 22.1. The van der Waals surface area contributed by atoms with Gasteiger partial charge < -0.3 is 29.1 Å². The fourth-order valence-corrected chi connectivity index (χ4v) is 13.6. The molecule has 9 rings (SSSR count). The van der Waals surface area contributed by atoms with Gasteiger partial charge >= 0.3 is 13.5 Å². The Morgan fingerprint density at radius 2 is 1.74 bits per heavy atom. The van der Waals surface area contributed by atoms with Gasteiger partial charge in [0.05, 0.1) is 18.1 Å². The van der Waals surface area contributed by atoms with Crippen LogP contribution in [0.4, 0.5) is 4.39 Å². The number of likely N-dealkylation sites (N-methyl/N-ethyl adjacent to an activating group) is 1. The Bertz CT molecular complexity index is 2450. The third-order valence-corrected chi connectivity index (χ3v) is 17.7. The first-order valence-corrected chi connectivity index (χ1v) is 26.1. The maximum absolute atomic E-state index is 16.7. The monoisotopic (exact) mass is 941 g/mol. The van der Waals surface area contributed by atoms with Crippen molar-refractivity contribution in [3.8, 4) is 5.75 Å². The van der Waals surface area contributed by atoms with E-state index in [9.17, 15) is 23.7 Å². The Hall–Kier alpha value is -4.66. The number of hydrogen-bond donors (Lipinski definition) is 2. The summed E-state index contributed by atoms with van der Waals surface area (Å²) >= 11 is 1.21. The molecule has 5 fully saturated rings. The minimum atomic E-state index is -4.47. The van der Waals surface area contributed by atoms with Gasteiger partial charge in [0.25, 0.3) is 5.91 Å². The van der Waals surface area contributed by atoms with Crippen LogP contribution in [-0.4, -0.2) is 114 Å². The molecule has 0 bridgehead atoms. The van der Waals surface area contributed by atoms with Crippen LogP contribution in [0.15, 0.2) is 84.9 Å². The van der Waals surface area contributed by atoms with E-state index < -0.39 is 43.4 Å². The lowest BCUT2D eigenvalue weighted by atomic mass is 9.92. The number of alkyl halides is 1. The first-order chi connectivity index (χ1) is 31.9. The van der Waals surface area contributed by atoms with Crippen molar-refractivity contribution in [1.82, 2.24) is 25.1 Å². The first kappa shape index (κ1) is 46.5. The maximum atomic E-state index is 16.7. The summed E-state index contributed by atoms with van der Waals surface area (Å²) in [5.74, 6) is -3.12. The number of carbonyl (C=O) groups is 4. The molecule has 0 radical (unpaired) electrons. The van der Waals surface area contributed by atoms with E-state index >= 15 is 4.39 Å². The molecule has 66 heavy (non-hydrogen) atoms. The number of ether oxygens (including phenoxy) is 2. The van der Waals surface area contributed by atoms with E-state index in [4.69, 9.17) is 14.0 Å². The zero-order valence-electron chi connectivity index (χ0n) is 37.9. The van der Waals surface area contributed by atoms with Gasteiger partial charge in [-0.1, -0.05) is 61.5 Å². The Kier molecular flexibility index (Phi) is 13.7. The molecule has 4 saturated heterocycles. The average Bonchev–Trinajstić information content (AvgIpc) is 3.79. The predicted octanol–water partition coefficient (Wildman–Crippen LogP) is 8.35. The van der Waals surface area contributed by atoms with Crippen molar-refractivity contribution in [2.75, 3.05) is 33.4 Å². The van der Waals surface area contributed by atoms with Gasteiger partial charge in [-0.2, -0.15) is 0 Å². The van der Waals surface area contributed by atoms with Crippen LogP contribution in [0.5, 0.6) is 5.75 Å². The highest BCUT2D eigenvalue weighted by molar-refractivity contribution is 7.57. The number of hydrogen-bond acceptors (Lipinski definition) is 10. The number of para-hydroxylation sites is 1. The van der Waals surface area contributed by atoms with Crippen molar-refractivity contribution < 1.29 is 42.1 Å². The number of nitrogens with one attached hydrogen (secondary N) is 2. The number of rotatable bonds is 15. The number of amides is 3. The van der Waals surface area contributed by atoms with Gasteiger partial charge in [0.1, 0.15) is 23.9 Å². The van der Waals surface area contributed by atoms with Crippen LogP contribution in [0.2, 0.25) is 0 Å². The van der Waals surface area contributed by atoms with Crippen molar-refractivity contribution in [3.05, 3.63) is 101 Å². The summed E-state index contributed by atoms with van der Waals surface area (Å²) in [4.78, 5) is 63.5. The van der Waals surface area contributed by atoms with Gasteiger partial charge in [-0.15, -0.1) is 11.3 Å². The van der Waals surface area contributed by atoms with Crippen molar-refractivity contribution >= 4 is 52.6 Å². The fourth-order valence-electron chi connectivity index (χ4n) is 10.7. The predicted molar refractivity (Wildman–Crippen MR) is 251 cm³/mol. The van der Waals surface area contributed by atoms with Gasteiger partial charge in [0, 0.05) is 47.4 Å². The smallest absolute Gasteiger partial charge is 0.355 e. The lowest BCUT2D eigenvalue weighted by Gasteiger charge is -2.42. The molecule has 16 heteroatoms. The fraction of sp³-hybridized carbons (Fsp3) is 0.520. The van der Waals surface area contributed by atoms with Gasteiger partial charge in [-0.25, -0.2) is 9.48 Å². The summed E-state index contributed by atoms with van der Waals surface area (Å²) in [6.45, 7) is 5.46. The lowest BCUT2D eigenvalue weighted by molar-refractivity contribution is -0.148. The highest BCUT2D eigenvalue weighted by atomic mass is 32.1. The minimum Gasteiger partial charge on any atom is -0.465 e. The second kappa shape index (κ2) is 19.5. The van der Waals surface area contributed by atoms with Crippen LogP contribution in [0, 0.1) is 0 Å². The van der Waals surface area contributed by atoms with Crippen molar-refractivity contribution in [2.45, 2.75) is 132 Å².